The first kappa shape index (κ1) is 24.2. The van der Waals surface area contributed by atoms with Gasteiger partial charge in [0.05, 0.1) is 16.8 Å². The number of hydrazone groups is 1. The summed E-state index contributed by atoms with van der Waals surface area (Å²) in [6, 6.07) is 15.1. The maximum atomic E-state index is 13.7. The molecule has 0 unspecified atom stereocenters. The Morgan fingerprint density at radius 3 is 2.41 bits per heavy atom. The Morgan fingerprint density at radius 2 is 1.74 bits per heavy atom. The van der Waals surface area contributed by atoms with Crippen LogP contribution < -0.4 is 15.5 Å². The minimum atomic E-state index is -1.12. The summed E-state index contributed by atoms with van der Waals surface area (Å²) in [4.78, 5) is 46.3. The van der Waals surface area contributed by atoms with Crippen LogP contribution in [-0.4, -0.2) is 28.9 Å². The van der Waals surface area contributed by atoms with Crippen molar-refractivity contribution in [2.45, 2.75) is 0 Å². The molecule has 172 valence electrons. The Morgan fingerprint density at radius 1 is 1.03 bits per heavy atom. The molecule has 0 heterocycles. The number of carbonyl (C=O) groups is 3. The van der Waals surface area contributed by atoms with Gasteiger partial charge in [0.25, 0.3) is 5.69 Å². The Balaban J connectivity index is 1.55. The summed E-state index contributed by atoms with van der Waals surface area (Å²) < 4.78 is 19.4. The number of nitrogens with one attached hydrogen (secondary N) is 2. The SMILES string of the molecule is O=C(N/N=C/c1ccc(OC(=O)c2ccccc2[N+](=O)[O-])cc1)C(=O)Nc1ccc(Br)cc1F. The topological polar surface area (TPSA) is 140 Å². The predicted molar refractivity (Wildman–Crippen MR) is 123 cm³/mol. The van der Waals surface area contributed by atoms with Crippen molar-refractivity contribution in [3.63, 3.8) is 0 Å². The van der Waals surface area contributed by atoms with E-state index in [4.69, 9.17) is 4.74 Å². The van der Waals surface area contributed by atoms with Crippen LogP contribution in [0.1, 0.15) is 15.9 Å². The molecule has 12 heteroatoms. The monoisotopic (exact) mass is 528 g/mol. The molecule has 0 saturated heterocycles. The van der Waals surface area contributed by atoms with Gasteiger partial charge in [0.2, 0.25) is 0 Å². The zero-order chi connectivity index (χ0) is 24.7. The smallest absolute Gasteiger partial charge is 0.350 e. The van der Waals surface area contributed by atoms with Crippen molar-refractivity contribution in [1.82, 2.24) is 5.43 Å². The van der Waals surface area contributed by atoms with Gasteiger partial charge >= 0.3 is 17.8 Å². The van der Waals surface area contributed by atoms with Crippen LogP contribution in [-0.2, 0) is 9.59 Å². The van der Waals surface area contributed by atoms with Crippen LogP contribution in [0.5, 0.6) is 5.75 Å². The number of esters is 1. The van der Waals surface area contributed by atoms with Gasteiger partial charge in [-0.2, -0.15) is 5.10 Å². The van der Waals surface area contributed by atoms with E-state index in [2.05, 4.69) is 26.3 Å². The number of nitro groups is 1. The molecular weight excluding hydrogens is 515 g/mol. The molecule has 34 heavy (non-hydrogen) atoms. The quantitative estimate of drug-likeness (QED) is 0.124. The fourth-order valence-corrected chi connectivity index (χ4v) is 2.91. The van der Waals surface area contributed by atoms with E-state index < -0.39 is 28.5 Å². The maximum Gasteiger partial charge on any atom is 0.350 e. The van der Waals surface area contributed by atoms with E-state index in [1.54, 1.807) is 0 Å². The highest BCUT2D eigenvalue weighted by atomic mass is 79.9. The van der Waals surface area contributed by atoms with E-state index in [0.717, 1.165) is 6.07 Å². The molecule has 0 fully saturated rings. The van der Waals surface area contributed by atoms with Gasteiger partial charge in [-0.05, 0) is 54.1 Å². The van der Waals surface area contributed by atoms with Crippen molar-refractivity contribution in [2.24, 2.45) is 5.10 Å². The second-order valence-electron chi connectivity index (χ2n) is 6.51. The molecule has 3 aromatic rings. The lowest BCUT2D eigenvalue weighted by Crippen LogP contribution is -2.32. The fraction of sp³-hybridized carbons (Fsp3) is 0. The second kappa shape index (κ2) is 10.9. The van der Waals surface area contributed by atoms with E-state index in [-0.39, 0.29) is 22.7 Å². The minimum absolute atomic E-state index is 0.125. The first-order valence-corrected chi connectivity index (χ1v) is 10.2. The molecule has 3 rings (SSSR count). The third-order valence-corrected chi connectivity index (χ3v) is 4.67. The predicted octanol–water partition coefficient (Wildman–Crippen LogP) is 3.80. The number of nitro benzene ring substituents is 1. The molecule has 0 atom stereocenters. The summed E-state index contributed by atoms with van der Waals surface area (Å²) in [5.41, 5.74) is 1.74. The van der Waals surface area contributed by atoms with Gasteiger partial charge in [0, 0.05) is 10.5 Å². The zero-order valence-corrected chi connectivity index (χ0v) is 18.6. The molecule has 0 aliphatic rings. The Hall–Kier alpha value is -4.45. The molecule has 0 bridgehead atoms. The third kappa shape index (κ3) is 6.29. The summed E-state index contributed by atoms with van der Waals surface area (Å²) in [5, 5.41) is 16.8. The van der Waals surface area contributed by atoms with Crippen LogP contribution in [0.4, 0.5) is 15.8 Å². The third-order valence-electron chi connectivity index (χ3n) is 4.18. The highest BCUT2D eigenvalue weighted by molar-refractivity contribution is 9.10. The zero-order valence-electron chi connectivity index (χ0n) is 17.0. The Kier molecular flexibility index (Phi) is 7.77. The van der Waals surface area contributed by atoms with Crippen LogP contribution >= 0.6 is 15.9 Å². The van der Waals surface area contributed by atoms with E-state index >= 15 is 0 Å². The molecule has 2 amide bonds. The first-order chi connectivity index (χ1) is 16.2. The van der Waals surface area contributed by atoms with Crippen molar-refractivity contribution in [3.8, 4) is 5.75 Å². The van der Waals surface area contributed by atoms with E-state index in [0.29, 0.717) is 10.0 Å². The van der Waals surface area contributed by atoms with Crippen LogP contribution in [0.25, 0.3) is 0 Å². The number of amides is 2. The molecule has 0 saturated carbocycles. The molecule has 2 N–H and O–H groups in total. The number of anilines is 1. The molecule has 10 nitrogen and oxygen atoms in total. The van der Waals surface area contributed by atoms with E-state index in [1.807, 2.05) is 5.43 Å². The molecule has 0 aliphatic heterocycles. The summed E-state index contributed by atoms with van der Waals surface area (Å²) in [6.07, 6.45) is 1.22. The number of rotatable bonds is 6. The van der Waals surface area contributed by atoms with Crippen molar-refractivity contribution in [1.29, 1.82) is 0 Å². The Labute approximate surface area is 199 Å². The van der Waals surface area contributed by atoms with Gasteiger partial charge in [-0.25, -0.2) is 14.6 Å². The van der Waals surface area contributed by atoms with Gasteiger partial charge in [0.15, 0.2) is 0 Å². The fourth-order valence-electron chi connectivity index (χ4n) is 2.58. The van der Waals surface area contributed by atoms with Crippen LogP contribution in [0.3, 0.4) is 0 Å². The lowest BCUT2D eigenvalue weighted by atomic mass is 10.2. The normalized spacial score (nSPS) is 10.5. The second-order valence-corrected chi connectivity index (χ2v) is 7.43. The number of nitrogens with zero attached hydrogens (tertiary/aromatic N) is 2. The summed E-state index contributed by atoms with van der Waals surface area (Å²) in [6.45, 7) is 0. The number of benzene rings is 3. The van der Waals surface area contributed by atoms with Crippen molar-refractivity contribution in [2.75, 3.05) is 5.32 Å². The lowest BCUT2D eigenvalue weighted by molar-refractivity contribution is -0.385. The lowest BCUT2D eigenvalue weighted by Gasteiger charge is -2.06. The van der Waals surface area contributed by atoms with Gasteiger partial charge in [-0.3, -0.25) is 19.7 Å². The number of carbonyl (C=O) groups excluding carboxylic acids is 3. The van der Waals surface area contributed by atoms with Crippen molar-refractivity contribution >= 4 is 51.3 Å². The number of hydrogen-bond donors (Lipinski definition) is 2. The molecule has 0 aromatic heterocycles. The van der Waals surface area contributed by atoms with Gasteiger partial charge in [0.1, 0.15) is 17.1 Å². The van der Waals surface area contributed by atoms with Crippen LogP contribution in [0.15, 0.2) is 76.3 Å². The summed E-state index contributed by atoms with van der Waals surface area (Å²) in [5.74, 6) is -3.72. The highest BCUT2D eigenvalue weighted by Crippen LogP contribution is 2.21. The highest BCUT2D eigenvalue weighted by Gasteiger charge is 2.21. The van der Waals surface area contributed by atoms with Gasteiger partial charge < -0.3 is 10.1 Å². The number of para-hydroxylation sites is 1. The van der Waals surface area contributed by atoms with Crippen LogP contribution in [0, 0.1) is 15.9 Å². The average Bonchev–Trinajstić information content (AvgIpc) is 2.81. The molecule has 0 radical (unpaired) electrons. The van der Waals surface area contributed by atoms with Crippen LogP contribution in [0.2, 0.25) is 0 Å². The number of hydrogen-bond acceptors (Lipinski definition) is 7. The maximum absolute atomic E-state index is 13.7. The van der Waals surface area contributed by atoms with E-state index in [1.165, 1.54) is 66.9 Å². The Bertz CT molecular complexity index is 1300. The summed E-state index contributed by atoms with van der Waals surface area (Å²) >= 11 is 3.08. The minimum Gasteiger partial charge on any atom is -0.423 e. The first-order valence-electron chi connectivity index (χ1n) is 9.39. The largest absolute Gasteiger partial charge is 0.423 e. The molecule has 3 aromatic carbocycles. The van der Waals surface area contributed by atoms with Gasteiger partial charge in [-0.15, -0.1) is 0 Å². The van der Waals surface area contributed by atoms with Crippen molar-refractivity contribution < 1.29 is 28.4 Å². The number of halogens is 2. The van der Waals surface area contributed by atoms with Gasteiger partial charge in [-0.1, -0.05) is 28.1 Å². The number of ether oxygens (including phenoxy) is 1. The molecular formula is C22H14BrFN4O6. The summed E-state index contributed by atoms with van der Waals surface area (Å²) in [7, 11) is 0. The van der Waals surface area contributed by atoms with E-state index in [9.17, 15) is 28.9 Å². The standard InChI is InChI=1S/C22H14BrFN4O6/c23-14-7-10-18(17(24)11-14)26-20(29)21(30)27-25-12-13-5-8-15(9-6-13)34-22(31)16-3-1-2-4-19(16)28(32)33/h1-12H,(H,26,29)(H,27,30)/b25-12+. The molecule has 0 aliphatic carbocycles. The average molecular weight is 529 g/mol. The van der Waals surface area contributed by atoms with Crippen molar-refractivity contribution in [3.05, 3.63) is 98.3 Å². The molecule has 0 spiro atoms.